The molecule has 62 heavy (non-hydrogen) atoms. The van der Waals surface area contributed by atoms with Crippen molar-refractivity contribution in [2.75, 3.05) is 110 Å². The van der Waals surface area contributed by atoms with Gasteiger partial charge in [-0.05, 0) is 62.1 Å². The molecule has 3 aromatic heterocycles. The molecule has 19 nitrogen and oxygen atoms in total. The van der Waals surface area contributed by atoms with Gasteiger partial charge in [-0.25, -0.2) is 37.8 Å². The summed E-state index contributed by atoms with van der Waals surface area (Å²) in [5.41, 5.74) is 6.96. The summed E-state index contributed by atoms with van der Waals surface area (Å²) in [5, 5.41) is 17.8. The summed E-state index contributed by atoms with van der Waals surface area (Å²) >= 11 is 3.00. The van der Waals surface area contributed by atoms with E-state index in [0.717, 1.165) is 103 Å². The molecule has 0 atom stereocenters. The predicted molar refractivity (Wildman–Crippen MR) is 231 cm³/mol. The SMILES string of the molecule is Nc1ncc(N2CCOCC2)nn1.O=C(CBr)c1cc(NC(=O)N2CCCC2)ccc1F.O=C(Nc1ccc(F)c(-c2cn3nc(N4CCOCC4)cnc3n2)c1)N1CCCC1. The van der Waals surface area contributed by atoms with Gasteiger partial charge in [0.25, 0.3) is 5.78 Å². The van der Waals surface area contributed by atoms with Crippen LogP contribution in [0.3, 0.4) is 0 Å². The van der Waals surface area contributed by atoms with Crippen molar-refractivity contribution in [1.29, 1.82) is 0 Å². The lowest BCUT2D eigenvalue weighted by atomic mass is 10.1. The van der Waals surface area contributed by atoms with E-state index in [1.165, 1.54) is 24.3 Å². The number of nitrogen functional groups attached to an aromatic ring is 1. The molecule has 7 heterocycles. The normalized spacial score (nSPS) is 16.3. The first kappa shape index (κ1) is 43.9. The van der Waals surface area contributed by atoms with E-state index in [1.807, 2.05) is 0 Å². The quantitative estimate of drug-likeness (QED) is 0.149. The molecular weight excluding hydrogens is 874 g/mol. The fourth-order valence-electron chi connectivity index (χ4n) is 6.99. The third kappa shape index (κ3) is 11.4. The van der Waals surface area contributed by atoms with E-state index in [1.54, 1.807) is 45.0 Å². The van der Waals surface area contributed by atoms with Crippen molar-refractivity contribution >= 4 is 68.5 Å². The van der Waals surface area contributed by atoms with Crippen LogP contribution in [0.5, 0.6) is 0 Å². The second kappa shape index (κ2) is 21.1. The maximum Gasteiger partial charge on any atom is 0.321 e. The molecular formula is C40H47BrF2N14O5. The van der Waals surface area contributed by atoms with Gasteiger partial charge in [-0.15, -0.1) is 15.3 Å². The Morgan fingerprint density at radius 1 is 0.710 bits per heavy atom. The predicted octanol–water partition coefficient (Wildman–Crippen LogP) is 4.72. The third-order valence-corrected chi connectivity index (χ3v) is 10.8. The van der Waals surface area contributed by atoms with Gasteiger partial charge in [0.2, 0.25) is 5.95 Å². The Balaban J connectivity index is 0.000000154. The number of nitrogens with zero attached hydrogens (tertiary/aromatic N) is 11. The van der Waals surface area contributed by atoms with E-state index in [0.29, 0.717) is 36.1 Å². The second-order valence-corrected chi connectivity index (χ2v) is 15.1. The maximum atomic E-state index is 14.6. The van der Waals surface area contributed by atoms with E-state index in [2.05, 4.69) is 66.6 Å². The second-order valence-electron chi connectivity index (χ2n) is 14.6. The zero-order valence-electron chi connectivity index (χ0n) is 33.9. The summed E-state index contributed by atoms with van der Waals surface area (Å²) in [5.74, 6) is 0.716. The van der Waals surface area contributed by atoms with Crippen molar-refractivity contribution < 1.29 is 32.6 Å². The molecule has 4 aliphatic heterocycles. The number of rotatable bonds is 7. The molecule has 9 rings (SSSR count). The molecule has 0 unspecified atom stereocenters. The Hall–Kier alpha value is -6.13. The number of aromatic nitrogens is 7. The molecule has 22 heteroatoms. The van der Waals surface area contributed by atoms with Crippen LogP contribution in [-0.4, -0.2) is 147 Å². The van der Waals surface area contributed by atoms with Crippen LogP contribution >= 0.6 is 15.9 Å². The fourth-order valence-corrected chi connectivity index (χ4v) is 7.29. The number of ketones is 1. The Morgan fingerprint density at radius 2 is 1.26 bits per heavy atom. The number of hydrogen-bond acceptors (Lipinski definition) is 14. The van der Waals surface area contributed by atoms with Crippen molar-refractivity contribution in [3.63, 3.8) is 0 Å². The number of nitrogens with two attached hydrogens (primary N) is 1. The zero-order valence-corrected chi connectivity index (χ0v) is 35.5. The number of imidazole rings is 1. The summed E-state index contributed by atoms with van der Waals surface area (Å²) in [6.45, 7) is 8.87. The highest BCUT2D eigenvalue weighted by atomic mass is 79.9. The number of anilines is 5. The lowest BCUT2D eigenvalue weighted by Gasteiger charge is -2.27. The van der Waals surface area contributed by atoms with E-state index < -0.39 is 11.6 Å². The van der Waals surface area contributed by atoms with Gasteiger partial charge in [0.15, 0.2) is 17.4 Å². The number of likely N-dealkylation sites (tertiary alicyclic amines) is 2. The van der Waals surface area contributed by atoms with Crippen LogP contribution < -0.4 is 26.2 Å². The average molecular weight is 922 g/mol. The highest BCUT2D eigenvalue weighted by Gasteiger charge is 2.21. The van der Waals surface area contributed by atoms with Crippen LogP contribution in [0.1, 0.15) is 36.0 Å². The van der Waals surface area contributed by atoms with Gasteiger partial charge in [0.1, 0.15) is 11.6 Å². The Kier molecular flexibility index (Phi) is 15.0. The van der Waals surface area contributed by atoms with Crippen molar-refractivity contribution in [3.8, 4) is 11.3 Å². The van der Waals surface area contributed by atoms with Crippen LogP contribution in [0.15, 0.2) is 55.0 Å². The third-order valence-electron chi connectivity index (χ3n) is 10.3. The van der Waals surface area contributed by atoms with Crippen molar-refractivity contribution in [1.82, 2.24) is 44.6 Å². The van der Waals surface area contributed by atoms with E-state index in [9.17, 15) is 23.2 Å². The Morgan fingerprint density at radius 3 is 1.82 bits per heavy atom. The monoisotopic (exact) mass is 920 g/mol. The minimum atomic E-state index is -0.580. The van der Waals surface area contributed by atoms with Crippen LogP contribution in [0, 0.1) is 11.6 Å². The molecule has 5 aromatic rings. The summed E-state index contributed by atoms with van der Waals surface area (Å²) in [6.07, 6.45) is 8.98. The molecule has 4 aliphatic rings. The van der Waals surface area contributed by atoms with E-state index >= 15 is 0 Å². The highest BCUT2D eigenvalue weighted by molar-refractivity contribution is 9.09. The Bertz CT molecular complexity index is 2320. The van der Waals surface area contributed by atoms with Crippen LogP contribution in [0.2, 0.25) is 0 Å². The molecule has 4 saturated heterocycles. The summed E-state index contributed by atoms with van der Waals surface area (Å²) < 4.78 is 40.2. The zero-order chi connectivity index (χ0) is 43.4. The number of halogens is 3. The van der Waals surface area contributed by atoms with Gasteiger partial charge in [0.05, 0.1) is 61.6 Å². The van der Waals surface area contributed by atoms with Gasteiger partial charge in [0, 0.05) is 69.3 Å². The van der Waals surface area contributed by atoms with E-state index in [-0.39, 0.29) is 40.3 Å². The number of benzene rings is 2. The first-order valence-corrected chi connectivity index (χ1v) is 21.4. The van der Waals surface area contributed by atoms with Crippen LogP contribution in [-0.2, 0) is 9.47 Å². The number of Topliss-reactive ketones (excluding diaryl/α,β-unsaturated/α-hetero) is 1. The van der Waals surface area contributed by atoms with Crippen molar-refractivity contribution in [2.45, 2.75) is 25.7 Å². The molecule has 328 valence electrons. The lowest BCUT2D eigenvalue weighted by Crippen LogP contribution is -2.37. The largest absolute Gasteiger partial charge is 0.378 e. The summed E-state index contributed by atoms with van der Waals surface area (Å²) in [6, 6.07) is 8.11. The minimum Gasteiger partial charge on any atom is -0.378 e. The number of ether oxygens (including phenoxy) is 2. The number of nitrogens with one attached hydrogen (secondary N) is 2. The molecule has 0 spiro atoms. The number of fused-ring (bicyclic) bond motifs is 1. The van der Waals surface area contributed by atoms with Gasteiger partial charge in [-0.1, -0.05) is 15.9 Å². The van der Waals surface area contributed by atoms with Gasteiger partial charge in [-0.2, -0.15) is 0 Å². The molecule has 2 aromatic carbocycles. The van der Waals surface area contributed by atoms with Gasteiger partial charge >= 0.3 is 12.1 Å². The first-order valence-electron chi connectivity index (χ1n) is 20.3. The van der Waals surface area contributed by atoms with Gasteiger partial charge in [-0.3, -0.25) is 4.79 Å². The molecule has 0 saturated carbocycles. The molecule has 4 amide bonds. The number of carbonyl (C=O) groups excluding carboxylic acids is 3. The first-order chi connectivity index (χ1) is 30.1. The number of urea groups is 2. The Labute approximate surface area is 364 Å². The van der Waals surface area contributed by atoms with Crippen LogP contribution in [0.4, 0.5) is 47.3 Å². The maximum absolute atomic E-state index is 14.6. The standard InChI is InChI=1S/C20H22FN7O2.C13H14BrFN2O2.C7H11N5O/c21-16-4-3-14(23-20(29)27-5-1-2-6-27)11-15(16)17-13-28-19(24-17)22-12-18(25-28)26-7-9-30-10-8-26;14-8-12(18)10-7-9(3-4-11(10)15)16-13(19)17-5-1-2-6-17;8-7-9-5-6(10-11-7)12-1-3-13-4-2-12/h3-4,11-13H,1-2,5-10H2,(H,23,29);3-4,7H,1-2,5-6,8H2,(H,16,19);5H,1-4H2,(H2,8,9,11). The number of morpholine rings is 2. The van der Waals surface area contributed by atoms with E-state index in [4.69, 9.17) is 15.2 Å². The number of amides is 4. The molecule has 0 radical (unpaired) electrons. The topological polar surface area (TPSA) is 214 Å². The van der Waals surface area contributed by atoms with Gasteiger partial charge < -0.3 is 45.4 Å². The fraction of sp³-hybridized carbons (Fsp3) is 0.425. The average Bonchev–Trinajstić information content (AvgIpc) is 4.13. The summed E-state index contributed by atoms with van der Waals surface area (Å²) in [4.78, 5) is 56.0. The molecule has 0 bridgehead atoms. The molecule has 4 N–H and O–H groups in total. The van der Waals surface area contributed by atoms with Crippen molar-refractivity contribution in [3.05, 3.63) is 72.2 Å². The van der Waals surface area contributed by atoms with Crippen molar-refractivity contribution in [2.24, 2.45) is 0 Å². The lowest BCUT2D eigenvalue weighted by molar-refractivity contribution is 0.102. The number of carbonyl (C=O) groups is 3. The number of alkyl halides is 1. The number of hydrogen-bond donors (Lipinski definition) is 3. The minimum absolute atomic E-state index is 0.0175. The smallest absolute Gasteiger partial charge is 0.321 e. The van der Waals surface area contributed by atoms with Crippen LogP contribution in [0.25, 0.3) is 17.0 Å². The molecule has 0 aliphatic carbocycles. The molecule has 4 fully saturated rings. The summed E-state index contributed by atoms with van der Waals surface area (Å²) in [7, 11) is 0. The highest BCUT2D eigenvalue weighted by Crippen LogP contribution is 2.27.